The fraction of sp³-hybridized carbons (Fsp3) is 0.353. The van der Waals surface area contributed by atoms with Gasteiger partial charge in [0.15, 0.2) is 0 Å². The Morgan fingerprint density at radius 2 is 2.04 bits per heavy atom. The summed E-state index contributed by atoms with van der Waals surface area (Å²) in [6, 6.07) is 12.9. The van der Waals surface area contributed by atoms with Gasteiger partial charge in [-0.15, -0.1) is 11.3 Å². The van der Waals surface area contributed by atoms with Crippen LogP contribution in [0.25, 0.3) is 0 Å². The summed E-state index contributed by atoms with van der Waals surface area (Å²) in [5, 5.41) is 1.70. The molecule has 1 aromatic carbocycles. The first-order valence-electron chi connectivity index (χ1n) is 7.92. The van der Waals surface area contributed by atoms with E-state index in [-0.39, 0.29) is 22.8 Å². The first-order valence-corrected chi connectivity index (χ1v) is 10.2. The van der Waals surface area contributed by atoms with Crippen LogP contribution in [0, 0.1) is 0 Å². The predicted molar refractivity (Wildman–Crippen MR) is 95.8 cm³/mol. The molecule has 0 unspecified atom stereocenters. The van der Waals surface area contributed by atoms with Crippen molar-refractivity contribution in [3.8, 4) is 0 Å². The van der Waals surface area contributed by atoms with Crippen molar-refractivity contribution >= 4 is 27.3 Å². The molecule has 0 saturated carbocycles. The van der Waals surface area contributed by atoms with Crippen LogP contribution >= 0.6 is 11.3 Å². The molecule has 0 radical (unpaired) electrons. The Hall–Kier alpha value is -1.74. The van der Waals surface area contributed by atoms with Crippen molar-refractivity contribution in [2.75, 3.05) is 33.3 Å². The zero-order valence-corrected chi connectivity index (χ0v) is 15.5. The Bertz CT molecular complexity index is 806. The highest BCUT2D eigenvalue weighted by molar-refractivity contribution is 7.91. The number of sulfonamides is 1. The molecule has 1 aliphatic rings. The highest BCUT2D eigenvalue weighted by Gasteiger charge is 2.29. The number of nitrogens with zero attached hydrogens (tertiary/aromatic N) is 2. The van der Waals surface area contributed by atoms with Gasteiger partial charge in [0, 0.05) is 13.6 Å². The van der Waals surface area contributed by atoms with Gasteiger partial charge in [-0.3, -0.25) is 4.79 Å². The molecule has 8 heteroatoms. The first kappa shape index (κ1) is 18.1. The van der Waals surface area contributed by atoms with E-state index in [1.165, 1.54) is 7.05 Å². The predicted octanol–water partition coefficient (Wildman–Crippen LogP) is 1.97. The standard InChI is InChI=1S/C17H20N2O4S2/c1-18(25(21,22)17-8-5-11-24-17)13-16(20)19-9-10-23-15(12-19)14-6-3-2-4-7-14/h2-8,11,15H,9-10,12-13H2,1H3/t15-/m0/s1. The lowest BCUT2D eigenvalue weighted by molar-refractivity contribution is -0.139. The van der Waals surface area contributed by atoms with Crippen molar-refractivity contribution in [2.24, 2.45) is 0 Å². The highest BCUT2D eigenvalue weighted by Crippen LogP contribution is 2.23. The van der Waals surface area contributed by atoms with Gasteiger partial charge < -0.3 is 9.64 Å². The molecule has 1 atom stereocenters. The van der Waals surface area contributed by atoms with Gasteiger partial charge in [-0.2, -0.15) is 4.31 Å². The summed E-state index contributed by atoms with van der Waals surface area (Å²) < 4.78 is 32.0. The molecule has 134 valence electrons. The van der Waals surface area contributed by atoms with Gasteiger partial charge in [0.1, 0.15) is 10.3 Å². The molecule has 25 heavy (non-hydrogen) atoms. The number of benzene rings is 1. The third kappa shape index (κ3) is 4.09. The summed E-state index contributed by atoms with van der Waals surface area (Å²) in [5.74, 6) is -0.216. The molecule has 1 saturated heterocycles. The van der Waals surface area contributed by atoms with E-state index in [2.05, 4.69) is 0 Å². The lowest BCUT2D eigenvalue weighted by Crippen LogP contribution is -2.46. The normalized spacial score (nSPS) is 18.5. The molecule has 3 rings (SSSR count). The maximum Gasteiger partial charge on any atom is 0.252 e. The Morgan fingerprint density at radius 3 is 2.72 bits per heavy atom. The fourth-order valence-corrected chi connectivity index (χ4v) is 5.01. The van der Waals surface area contributed by atoms with Crippen LogP contribution in [0.1, 0.15) is 11.7 Å². The SMILES string of the molecule is CN(CC(=O)N1CCO[C@H](c2ccccc2)C1)S(=O)(=O)c1cccs1. The van der Waals surface area contributed by atoms with Gasteiger partial charge in [-0.1, -0.05) is 36.4 Å². The fourth-order valence-electron chi connectivity index (χ4n) is 2.68. The number of carbonyl (C=O) groups is 1. The maximum absolute atomic E-state index is 12.6. The molecular weight excluding hydrogens is 360 g/mol. The van der Waals surface area contributed by atoms with Crippen LogP contribution in [0.15, 0.2) is 52.1 Å². The lowest BCUT2D eigenvalue weighted by atomic mass is 10.1. The molecule has 0 bridgehead atoms. The van der Waals surface area contributed by atoms with Crippen LogP contribution in [0.5, 0.6) is 0 Å². The third-order valence-electron chi connectivity index (χ3n) is 4.11. The monoisotopic (exact) mass is 380 g/mol. The van der Waals surface area contributed by atoms with Gasteiger partial charge in [-0.25, -0.2) is 8.42 Å². The number of carbonyl (C=O) groups excluding carboxylic acids is 1. The van der Waals surface area contributed by atoms with Crippen LogP contribution in [-0.2, 0) is 19.6 Å². The quantitative estimate of drug-likeness (QED) is 0.795. The number of rotatable bonds is 5. The Labute approximate surface area is 151 Å². The zero-order valence-electron chi connectivity index (χ0n) is 13.9. The second-order valence-corrected chi connectivity index (χ2v) is 9.02. The molecule has 2 aromatic rings. The Kier molecular flexibility index (Phi) is 5.53. The van der Waals surface area contributed by atoms with E-state index >= 15 is 0 Å². The summed E-state index contributed by atoms with van der Waals surface area (Å²) in [6.07, 6.45) is -0.182. The zero-order chi connectivity index (χ0) is 17.9. The van der Waals surface area contributed by atoms with Crippen molar-refractivity contribution < 1.29 is 17.9 Å². The molecule has 0 aliphatic carbocycles. The van der Waals surface area contributed by atoms with Crippen molar-refractivity contribution in [3.05, 3.63) is 53.4 Å². The smallest absolute Gasteiger partial charge is 0.252 e. The summed E-state index contributed by atoms with van der Waals surface area (Å²) in [6.45, 7) is 1.15. The number of hydrogen-bond acceptors (Lipinski definition) is 5. The van der Waals surface area contributed by atoms with Crippen LogP contribution in [0.3, 0.4) is 0 Å². The Balaban J connectivity index is 1.65. The van der Waals surface area contributed by atoms with Crippen LogP contribution in [0.4, 0.5) is 0 Å². The number of amides is 1. The molecule has 2 heterocycles. The second-order valence-electron chi connectivity index (χ2n) is 5.80. The minimum Gasteiger partial charge on any atom is -0.370 e. The molecule has 6 nitrogen and oxygen atoms in total. The summed E-state index contributed by atoms with van der Waals surface area (Å²) in [7, 11) is -2.19. The van der Waals surface area contributed by atoms with Gasteiger partial charge >= 0.3 is 0 Å². The number of morpholine rings is 1. The highest BCUT2D eigenvalue weighted by atomic mass is 32.2. The molecule has 1 amide bonds. The maximum atomic E-state index is 12.6. The molecule has 0 spiro atoms. The number of ether oxygens (including phenoxy) is 1. The van der Waals surface area contributed by atoms with Gasteiger partial charge in [0.25, 0.3) is 10.0 Å². The van der Waals surface area contributed by atoms with Gasteiger partial charge in [0.2, 0.25) is 5.91 Å². The van der Waals surface area contributed by atoms with Crippen LogP contribution in [-0.4, -0.2) is 56.8 Å². The average molecular weight is 380 g/mol. The van der Waals surface area contributed by atoms with Crippen LogP contribution in [0.2, 0.25) is 0 Å². The molecular formula is C17H20N2O4S2. The van der Waals surface area contributed by atoms with Crippen LogP contribution < -0.4 is 0 Å². The number of likely N-dealkylation sites (N-methyl/N-ethyl adjacent to an activating group) is 1. The van der Waals surface area contributed by atoms with E-state index in [4.69, 9.17) is 4.74 Å². The molecule has 1 aromatic heterocycles. The lowest BCUT2D eigenvalue weighted by Gasteiger charge is -2.34. The summed E-state index contributed by atoms with van der Waals surface area (Å²) in [5.41, 5.74) is 1.01. The van der Waals surface area contributed by atoms with Crippen molar-refractivity contribution in [2.45, 2.75) is 10.3 Å². The average Bonchev–Trinajstić information content (AvgIpc) is 3.18. The topological polar surface area (TPSA) is 66.9 Å². The molecule has 1 fully saturated rings. The van der Waals surface area contributed by atoms with E-state index in [0.717, 1.165) is 21.2 Å². The molecule has 1 aliphatic heterocycles. The first-order chi connectivity index (χ1) is 12.0. The van der Waals surface area contributed by atoms with Crippen molar-refractivity contribution in [3.63, 3.8) is 0 Å². The van der Waals surface area contributed by atoms with Crippen molar-refractivity contribution in [1.29, 1.82) is 0 Å². The van der Waals surface area contributed by atoms with Gasteiger partial charge in [-0.05, 0) is 17.0 Å². The third-order valence-corrected chi connectivity index (χ3v) is 7.28. The minimum absolute atomic E-state index is 0.179. The van der Waals surface area contributed by atoms with E-state index in [1.54, 1.807) is 22.4 Å². The summed E-state index contributed by atoms with van der Waals surface area (Å²) >= 11 is 1.14. The van der Waals surface area contributed by atoms with Gasteiger partial charge in [0.05, 0.1) is 19.7 Å². The van der Waals surface area contributed by atoms with Crippen molar-refractivity contribution in [1.82, 2.24) is 9.21 Å². The Morgan fingerprint density at radius 1 is 1.28 bits per heavy atom. The number of thiophene rings is 1. The van der Waals surface area contributed by atoms with E-state index < -0.39 is 10.0 Å². The second kappa shape index (κ2) is 7.65. The largest absolute Gasteiger partial charge is 0.370 e. The number of hydrogen-bond donors (Lipinski definition) is 0. The minimum atomic E-state index is -3.62. The summed E-state index contributed by atoms with van der Waals surface area (Å²) in [4.78, 5) is 14.2. The molecule has 0 N–H and O–H groups in total. The van der Waals surface area contributed by atoms with E-state index in [9.17, 15) is 13.2 Å². The van der Waals surface area contributed by atoms with E-state index in [1.807, 2.05) is 30.3 Å². The van der Waals surface area contributed by atoms with E-state index in [0.29, 0.717) is 19.7 Å².